The molecule has 6 heteroatoms. The Morgan fingerprint density at radius 3 is 2.26 bits per heavy atom. The minimum atomic E-state index is -0.293. The number of benzene rings is 1. The molecule has 2 aliphatic rings. The van der Waals surface area contributed by atoms with Gasteiger partial charge in [0.25, 0.3) is 11.8 Å². The van der Waals surface area contributed by atoms with E-state index in [1.807, 2.05) is 4.90 Å². The first kappa shape index (κ1) is 17.9. The molecule has 2 aromatic rings. The van der Waals surface area contributed by atoms with Crippen molar-refractivity contribution in [2.24, 2.45) is 5.92 Å². The molecule has 1 aromatic heterocycles. The highest BCUT2D eigenvalue weighted by Crippen LogP contribution is 2.25. The van der Waals surface area contributed by atoms with E-state index >= 15 is 0 Å². The Morgan fingerprint density at radius 2 is 1.67 bits per heavy atom. The van der Waals surface area contributed by atoms with Crippen LogP contribution in [0.4, 0.5) is 0 Å². The van der Waals surface area contributed by atoms with E-state index in [9.17, 15) is 14.4 Å². The van der Waals surface area contributed by atoms with Gasteiger partial charge >= 0.3 is 0 Å². The Labute approximate surface area is 162 Å². The summed E-state index contributed by atoms with van der Waals surface area (Å²) in [5, 5.41) is 2.10. The molecule has 0 aliphatic carbocycles. The maximum atomic E-state index is 12.5. The van der Waals surface area contributed by atoms with E-state index in [2.05, 4.69) is 17.5 Å². The smallest absolute Gasteiger partial charge is 0.261 e. The number of amides is 3. The highest BCUT2D eigenvalue weighted by molar-refractivity contribution is 7.09. The van der Waals surface area contributed by atoms with Crippen molar-refractivity contribution in [3.05, 3.63) is 57.8 Å². The van der Waals surface area contributed by atoms with Crippen LogP contribution in [-0.2, 0) is 11.2 Å². The average molecular weight is 382 g/mol. The standard InChI is InChI=1S/C21H22N2O3S/c24-19(22-10-7-15(8-11-22)14-16-4-3-13-27-16)9-12-23-20(25)17-5-1-2-6-18(17)21(23)26/h1-6,13,15H,7-12,14H2. The van der Waals surface area contributed by atoms with Gasteiger partial charge in [-0.25, -0.2) is 0 Å². The molecule has 4 rings (SSSR count). The molecule has 0 spiro atoms. The van der Waals surface area contributed by atoms with Crippen LogP contribution in [-0.4, -0.2) is 47.2 Å². The third kappa shape index (κ3) is 3.67. The van der Waals surface area contributed by atoms with Crippen LogP contribution in [0, 0.1) is 5.92 Å². The van der Waals surface area contributed by atoms with E-state index in [-0.39, 0.29) is 30.7 Å². The molecular formula is C21H22N2O3S. The second-order valence-electron chi connectivity index (χ2n) is 7.17. The van der Waals surface area contributed by atoms with Crippen molar-refractivity contribution in [3.8, 4) is 0 Å². The molecular weight excluding hydrogens is 360 g/mol. The first-order chi connectivity index (χ1) is 13.1. The largest absolute Gasteiger partial charge is 0.343 e. The van der Waals surface area contributed by atoms with Crippen LogP contribution in [0.15, 0.2) is 41.8 Å². The van der Waals surface area contributed by atoms with E-state index in [1.54, 1.807) is 35.6 Å². The van der Waals surface area contributed by atoms with Crippen LogP contribution in [0.3, 0.4) is 0 Å². The fraction of sp³-hybridized carbons (Fsp3) is 0.381. The number of nitrogens with zero attached hydrogens (tertiary/aromatic N) is 2. The van der Waals surface area contributed by atoms with Crippen molar-refractivity contribution in [1.82, 2.24) is 9.80 Å². The van der Waals surface area contributed by atoms with Gasteiger partial charge in [-0.1, -0.05) is 18.2 Å². The zero-order valence-electron chi connectivity index (χ0n) is 15.1. The van der Waals surface area contributed by atoms with E-state index in [0.29, 0.717) is 17.0 Å². The zero-order chi connectivity index (χ0) is 18.8. The molecule has 1 saturated heterocycles. The van der Waals surface area contributed by atoms with Crippen LogP contribution in [0.1, 0.15) is 44.9 Å². The number of imide groups is 1. The van der Waals surface area contributed by atoms with Gasteiger partial charge in [-0.15, -0.1) is 11.3 Å². The maximum absolute atomic E-state index is 12.5. The SMILES string of the molecule is O=C(CCN1C(=O)c2ccccc2C1=O)N1CCC(Cc2cccs2)CC1. The van der Waals surface area contributed by atoms with Crippen LogP contribution >= 0.6 is 11.3 Å². The third-order valence-electron chi connectivity index (χ3n) is 5.46. The van der Waals surface area contributed by atoms with Gasteiger partial charge in [0.05, 0.1) is 11.1 Å². The molecule has 5 nitrogen and oxygen atoms in total. The minimum absolute atomic E-state index is 0.0288. The highest BCUT2D eigenvalue weighted by atomic mass is 32.1. The minimum Gasteiger partial charge on any atom is -0.343 e. The summed E-state index contributed by atoms with van der Waals surface area (Å²) in [6.07, 6.45) is 3.31. The van der Waals surface area contributed by atoms with Gasteiger partial charge in [0.2, 0.25) is 5.91 Å². The molecule has 0 bridgehead atoms. The Hall–Kier alpha value is -2.47. The van der Waals surface area contributed by atoms with Gasteiger partial charge in [-0.05, 0) is 48.8 Å². The Balaban J connectivity index is 1.27. The molecule has 3 amide bonds. The first-order valence-electron chi connectivity index (χ1n) is 9.39. The summed E-state index contributed by atoms with van der Waals surface area (Å²) in [7, 11) is 0. The number of likely N-dealkylation sites (tertiary alicyclic amines) is 1. The summed E-state index contributed by atoms with van der Waals surface area (Å²) < 4.78 is 0. The normalized spacial score (nSPS) is 17.5. The molecule has 3 heterocycles. The second kappa shape index (κ2) is 7.64. The number of hydrogen-bond acceptors (Lipinski definition) is 4. The number of hydrogen-bond donors (Lipinski definition) is 0. The lowest BCUT2D eigenvalue weighted by Gasteiger charge is -2.32. The average Bonchev–Trinajstić information content (AvgIpc) is 3.28. The van der Waals surface area contributed by atoms with E-state index in [0.717, 1.165) is 32.4 Å². The number of carbonyl (C=O) groups is 3. The van der Waals surface area contributed by atoms with Crippen LogP contribution in [0.2, 0.25) is 0 Å². The van der Waals surface area contributed by atoms with Crippen LogP contribution in [0.25, 0.3) is 0 Å². The maximum Gasteiger partial charge on any atom is 0.261 e. The van der Waals surface area contributed by atoms with Crippen molar-refractivity contribution in [2.75, 3.05) is 19.6 Å². The fourth-order valence-electron chi connectivity index (χ4n) is 3.91. The molecule has 1 fully saturated rings. The summed E-state index contributed by atoms with van der Waals surface area (Å²) in [6.45, 7) is 1.67. The predicted octanol–water partition coefficient (Wildman–Crippen LogP) is 3.22. The molecule has 0 unspecified atom stereocenters. The van der Waals surface area contributed by atoms with Crippen molar-refractivity contribution < 1.29 is 14.4 Å². The lowest BCUT2D eigenvalue weighted by molar-refractivity contribution is -0.132. The zero-order valence-corrected chi connectivity index (χ0v) is 15.9. The van der Waals surface area contributed by atoms with Crippen molar-refractivity contribution >= 4 is 29.1 Å². The van der Waals surface area contributed by atoms with Crippen molar-refractivity contribution in [3.63, 3.8) is 0 Å². The summed E-state index contributed by atoms with van der Waals surface area (Å²) in [4.78, 5) is 41.8. The Morgan fingerprint density at radius 1 is 1.00 bits per heavy atom. The van der Waals surface area contributed by atoms with Gasteiger partial charge < -0.3 is 4.90 Å². The monoisotopic (exact) mass is 382 g/mol. The van der Waals surface area contributed by atoms with Gasteiger partial charge in [0, 0.05) is 30.9 Å². The van der Waals surface area contributed by atoms with Crippen LogP contribution in [0.5, 0.6) is 0 Å². The lowest BCUT2D eigenvalue weighted by atomic mass is 9.93. The van der Waals surface area contributed by atoms with Gasteiger partial charge in [0.15, 0.2) is 0 Å². The molecule has 0 atom stereocenters. The first-order valence-corrected chi connectivity index (χ1v) is 10.3. The second-order valence-corrected chi connectivity index (χ2v) is 8.20. The summed E-state index contributed by atoms with van der Waals surface area (Å²) >= 11 is 1.79. The predicted molar refractivity (Wildman–Crippen MR) is 104 cm³/mol. The van der Waals surface area contributed by atoms with Crippen molar-refractivity contribution in [1.29, 1.82) is 0 Å². The van der Waals surface area contributed by atoms with Gasteiger partial charge in [-0.3, -0.25) is 19.3 Å². The van der Waals surface area contributed by atoms with E-state index in [4.69, 9.17) is 0 Å². The highest BCUT2D eigenvalue weighted by Gasteiger charge is 2.35. The molecule has 0 saturated carbocycles. The molecule has 27 heavy (non-hydrogen) atoms. The fourth-order valence-corrected chi connectivity index (χ4v) is 4.73. The van der Waals surface area contributed by atoms with E-state index in [1.165, 1.54) is 9.78 Å². The Bertz CT molecular complexity index is 819. The number of carbonyl (C=O) groups excluding carboxylic acids is 3. The van der Waals surface area contributed by atoms with Gasteiger partial charge in [-0.2, -0.15) is 0 Å². The lowest BCUT2D eigenvalue weighted by Crippen LogP contribution is -2.41. The quantitative estimate of drug-likeness (QED) is 0.746. The Kier molecular flexibility index (Phi) is 5.07. The number of rotatable bonds is 5. The summed E-state index contributed by atoms with van der Waals surface area (Å²) in [5.74, 6) is 0.0705. The molecule has 0 N–H and O–H groups in total. The third-order valence-corrected chi connectivity index (χ3v) is 6.36. The number of fused-ring (bicyclic) bond motifs is 1. The number of piperidine rings is 1. The molecule has 140 valence electrons. The van der Waals surface area contributed by atoms with E-state index < -0.39 is 0 Å². The number of thiophene rings is 1. The topological polar surface area (TPSA) is 57.7 Å². The molecule has 0 radical (unpaired) electrons. The van der Waals surface area contributed by atoms with Crippen molar-refractivity contribution in [2.45, 2.75) is 25.7 Å². The van der Waals surface area contributed by atoms with Gasteiger partial charge in [0.1, 0.15) is 0 Å². The molecule has 2 aliphatic heterocycles. The summed E-state index contributed by atoms with van der Waals surface area (Å²) in [5.41, 5.74) is 0.869. The molecule has 1 aromatic carbocycles. The summed E-state index contributed by atoms with van der Waals surface area (Å²) in [6, 6.07) is 11.1. The van der Waals surface area contributed by atoms with Crippen LogP contribution < -0.4 is 0 Å².